The second kappa shape index (κ2) is 6.70. The molecule has 1 aromatic carbocycles. The van der Waals surface area contributed by atoms with Crippen LogP contribution < -0.4 is 5.32 Å². The van der Waals surface area contributed by atoms with Crippen LogP contribution >= 0.6 is 0 Å². The van der Waals surface area contributed by atoms with Crippen LogP contribution in [0, 0.1) is 5.92 Å². The van der Waals surface area contributed by atoms with E-state index in [1.165, 1.54) is 6.42 Å². The third-order valence-electron chi connectivity index (χ3n) is 4.00. The number of hydrogen-bond donors (Lipinski definition) is 1. The largest absolute Gasteiger partial charge is 0.316 e. The first-order valence-electron chi connectivity index (χ1n) is 7.32. The molecule has 0 saturated heterocycles. The van der Waals surface area contributed by atoms with Crippen LogP contribution in [0.5, 0.6) is 0 Å². The molecule has 1 saturated carbocycles. The molecule has 0 radical (unpaired) electrons. The zero-order valence-electron chi connectivity index (χ0n) is 12.3. The van der Waals surface area contributed by atoms with Gasteiger partial charge >= 0.3 is 0 Å². The van der Waals surface area contributed by atoms with E-state index in [0.717, 1.165) is 18.4 Å². The van der Waals surface area contributed by atoms with E-state index in [2.05, 4.69) is 5.32 Å². The Bertz CT molecular complexity index is 539. The third kappa shape index (κ3) is 3.22. The van der Waals surface area contributed by atoms with Crippen LogP contribution in [0.25, 0.3) is 0 Å². The van der Waals surface area contributed by atoms with Crippen LogP contribution in [0.15, 0.2) is 29.2 Å². The fourth-order valence-electron chi connectivity index (χ4n) is 2.59. The van der Waals surface area contributed by atoms with Gasteiger partial charge in [0.25, 0.3) is 0 Å². The van der Waals surface area contributed by atoms with E-state index in [1.54, 1.807) is 16.4 Å². The molecular weight excluding hydrogens is 272 g/mol. The normalized spacial score (nSPS) is 16.4. The van der Waals surface area contributed by atoms with Gasteiger partial charge in [-0.05, 0) is 37.4 Å². The van der Waals surface area contributed by atoms with Crippen molar-refractivity contribution in [1.82, 2.24) is 9.62 Å². The second-order valence-electron chi connectivity index (χ2n) is 5.39. The Kier molecular flexibility index (Phi) is 5.18. The minimum atomic E-state index is -3.38. The Labute approximate surface area is 122 Å². The quantitative estimate of drug-likeness (QED) is 0.839. The van der Waals surface area contributed by atoms with Gasteiger partial charge in [0.05, 0.1) is 4.90 Å². The maximum Gasteiger partial charge on any atom is 0.243 e. The van der Waals surface area contributed by atoms with Crippen molar-refractivity contribution in [3.8, 4) is 0 Å². The number of sulfonamides is 1. The summed E-state index contributed by atoms with van der Waals surface area (Å²) >= 11 is 0. The predicted molar refractivity (Wildman–Crippen MR) is 81.0 cm³/mol. The van der Waals surface area contributed by atoms with Crippen molar-refractivity contribution in [2.75, 3.05) is 20.1 Å². The van der Waals surface area contributed by atoms with Gasteiger partial charge in [-0.25, -0.2) is 8.42 Å². The van der Waals surface area contributed by atoms with Crippen molar-refractivity contribution in [3.63, 3.8) is 0 Å². The summed E-state index contributed by atoms with van der Waals surface area (Å²) in [5.41, 5.74) is 0.835. The lowest BCUT2D eigenvalue weighted by molar-refractivity contribution is 0.250. The monoisotopic (exact) mass is 296 g/mol. The van der Waals surface area contributed by atoms with Crippen LogP contribution in [0.4, 0.5) is 0 Å². The average molecular weight is 296 g/mol. The Morgan fingerprint density at radius 2 is 2.00 bits per heavy atom. The molecule has 20 heavy (non-hydrogen) atoms. The number of benzene rings is 1. The topological polar surface area (TPSA) is 49.4 Å². The van der Waals surface area contributed by atoms with Crippen molar-refractivity contribution in [2.45, 2.75) is 37.6 Å². The summed E-state index contributed by atoms with van der Waals surface area (Å²) in [7, 11) is -1.55. The molecule has 0 bridgehead atoms. The van der Waals surface area contributed by atoms with Crippen LogP contribution in [-0.4, -0.2) is 32.9 Å². The average Bonchev–Trinajstić information content (AvgIpc) is 2.38. The zero-order valence-corrected chi connectivity index (χ0v) is 13.1. The molecule has 0 spiro atoms. The Morgan fingerprint density at radius 3 is 2.55 bits per heavy atom. The summed E-state index contributed by atoms with van der Waals surface area (Å²) in [6.45, 7) is 3.67. The molecule has 0 aliphatic heterocycles. The fourth-order valence-corrected chi connectivity index (χ4v) is 4.34. The van der Waals surface area contributed by atoms with E-state index >= 15 is 0 Å². The fraction of sp³-hybridized carbons (Fsp3) is 0.600. The highest BCUT2D eigenvalue weighted by Gasteiger charge is 2.29. The van der Waals surface area contributed by atoms with Crippen molar-refractivity contribution in [3.05, 3.63) is 29.8 Å². The van der Waals surface area contributed by atoms with Gasteiger partial charge < -0.3 is 5.32 Å². The minimum absolute atomic E-state index is 0.440. The van der Waals surface area contributed by atoms with Gasteiger partial charge in [-0.15, -0.1) is 0 Å². The smallest absolute Gasteiger partial charge is 0.243 e. The Morgan fingerprint density at radius 1 is 1.30 bits per heavy atom. The molecule has 1 aliphatic carbocycles. The van der Waals surface area contributed by atoms with Gasteiger partial charge in [-0.2, -0.15) is 4.31 Å². The number of nitrogens with one attached hydrogen (secondary N) is 1. The molecule has 1 aromatic rings. The highest BCUT2D eigenvalue weighted by atomic mass is 32.2. The molecule has 0 atom stereocenters. The lowest BCUT2D eigenvalue weighted by Crippen LogP contribution is -2.37. The molecule has 0 heterocycles. The van der Waals surface area contributed by atoms with Gasteiger partial charge in [0.2, 0.25) is 10.0 Å². The second-order valence-corrected chi connectivity index (χ2v) is 7.30. The van der Waals surface area contributed by atoms with Crippen molar-refractivity contribution in [2.24, 2.45) is 5.92 Å². The molecular formula is C15H24N2O2S. The summed E-state index contributed by atoms with van der Waals surface area (Å²) in [6, 6.07) is 7.27. The maximum atomic E-state index is 12.8. The summed E-state index contributed by atoms with van der Waals surface area (Å²) in [5.74, 6) is 0.543. The molecule has 0 unspecified atom stereocenters. The van der Waals surface area contributed by atoms with Crippen LogP contribution in [0.2, 0.25) is 0 Å². The molecule has 1 fully saturated rings. The van der Waals surface area contributed by atoms with Crippen LogP contribution in [0.3, 0.4) is 0 Å². The molecule has 4 nitrogen and oxygen atoms in total. The van der Waals surface area contributed by atoms with Gasteiger partial charge in [-0.1, -0.05) is 31.5 Å². The van der Waals surface area contributed by atoms with Gasteiger partial charge in [0.15, 0.2) is 0 Å². The van der Waals surface area contributed by atoms with Crippen molar-refractivity contribution in [1.29, 1.82) is 0 Å². The molecule has 112 valence electrons. The predicted octanol–water partition coefficient (Wildman–Crippen LogP) is 2.22. The van der Waals surface area contributed by atoms with E-state index in [-0.39, 0.29) is 0 Å². The van der Waals surface area contributed by atoms with Crippen LogP contribution in [0.1, 0.15) is 31.7 Å². The van der Waals surface area contributed by atoms with E-state index in [4.69, 9.17) is 0 Å². The van der Waals surface area contributed by atoms with Crippen molar-refractivity contribution >= 4 is 10.0 Å². The highest BCUT2D eigenvalue weighted by molar-refractivity contribution is 7.89. The van der Waals surface area contributed by atoms with Gasteiger partial charge in [0, 0.05) is 19.6 Å². The highest BCUT2D eigenvalue weighted by Crippen LogP contribution is 2.29. The Balaban J connectivity index is 2.27. The molecule has 2 rings (SSSR count). The maximum absolute atomic E-state index is 12.8. The lowest BCUT2D eigenvalue weighted by atomic mass is 9.85. The number of rotatable bonds is 7. The summed E-state index contributed by atoms with van der Waals surface area (Å²) in [6.07, 6.45) is 3.55. The van der Waals surface area contributed by atoms with E-state index in [9.17, 15) is 8.42 Å². The van der Waals surface area contributed by atoms with E-state index < -0.39 is 10.0 Å². The van der Waals surface area contributed by atoms with Gasteiger partial charge in [0.1, 0.15) is 0 Å². The molecule has 0 amide bonds. The summed E-state index contributed by atoms with van der Waals surface area (Å²) in [4.78, 5) is 0.440. The molecule has 0 aromatic heterocycles. The zero-order chi connectivity index (χ0) is 14.6. The van der Waals surface area contributed by atoms with E-state index in [0.29, 0.717) is 30.4 Å². The standard InChI is InChI=1S/C15H24N2O2S/c1-3-17(12-13-7-6-8-13)20(18,19)15-10-5-4-9-14(15)11-16-2/h4-5,9-10,13,16H,3,6-8,11-12H2,1-2H3. The SMILES string of the molecule is CCN(CC1CCC1)S(=O)(=O)c1ccccc1CNC. The Hall–Kier alpha value is -0.910. The first-order valence-corrected chi connectivity index (χ1v) is 8.76. The summed E-state index contributed by atoms with van der Waals surface area (Å²) in [5, 5.41) is 3.03. The molecule has 1 N–H and O–H groups in total. The third-order valence-corrected chi connectivity index (χ3v) is 6.04. The number of hydrogen-bond acceptors (Lipinski definition) is 3. The first-order chi connectivity index (χ1) is 9.59. The van der Waals surface area contributed by atoms with Gasteiger partial charge in [-0.3, -0.25) is 0 Å². The van der Waals surface area contributed by atoms with Crippen molar-refractivity contribution < 1.29 is 8.42 Å². The minimum Gasteiger partial charge on any atom is -0.316 e. The lowest BCUT2D eigenvalue weighted by Gasteiger charge is -2.31. The van der Waals surface area contributed by atoms with Crippen LogP contribution in [-0.2, 0) is 16.6 Å². The molecule has 5 heteroatoms. The number of nitrogens with zero attached hydrogens (tertiary/aromatic N) is 1. The molecule has 1 aliphatic rings. The van der Waals surface area contributed by atoms with E-state index in [1.807, 2.05) is 26.1 Å². The summed E-state index contributed by atoms with van der Waals surface area (Å²) < 4.78 is 27.3. The first kappa shape index (κ1) is 15.5.